The number of ether oxygens (including phenoxy) is 1. The maximum atomic E-state index is 13.4. The number of benzene rings is 1. The molecule has 5 heterocycles. The van der Waals surface area contributed by atoms with Gasteiger partial charge in [0.15, 0.2) is 15.5 Å². The van der Waals surface area contributed by atoms with Crippen molar-refractivity contribution in [3.05, 3.63) is 65.9 Å². The molecule has 1 saturated heterocycles. The van der Waals surface area contributed by atoms with Crippen molar-refractivity contribution in [2.75, 3.05) is 23.5 Å². The fourth-order valence-electron chi connectivity index (χ4n) is 5.42. The van der Waals surface area contributed by atoms with Crippen molar-refractivity contribution in [3.8, 4) is 11.1 Å². The van der Waals surface area contributed by atoms with Gasteiger partial charge in [-0.05, 0) is 62.9 Å². The number of aromatic nitrogens is 6. The van der Waals surface area contributed by atoms with Crippen molar-refractivity contribution in [2.24, 2.45) is 7.05 Å². The molecule has 1 aliphatic rings. The van der Waals surface area contributed by atoms with Gasteiger partial charge >= 0.3 is 6.18 Å². The fourth-order valence-corrected chi connectivity index (χ4v) is 6.28. The summed E-state index contributed by atoms with van der Waals surface area (Å²) in [5, 5.41) is 10.4. The molecule has 15 heteroatoms. The number of sulfone groups is 1. The molecule has 45 heavy (non-hydrogen) atoms. The molecule has 5 aromatic rings. The molecule has 0 saturated carbocycles. The third-order valence-electron chi connectivity index (χ3n) is 7.76. The van der Waals surface area contributed by atoms with Crippen molar-refractivity contribution in [1.82, 2.24) is 29.3 Å². The van der Waals surface area contributed by atoms with E-state index in [-0.39, 0.29) is 22.8 Å². The molecular formula is C30H31F3N8O3S. The van der Waals surface area contributed by atoms with Gasteiger partial charge in [-0.25, -0.2) is 23.4 Å². The average Bonchev–Trinajstić information content (AvgIpc) is 3.50. The lowest BCUT2D eigenvalue weighted by atomic mass is 10.1. The van der Waals surface area contributed by atoms with E-state index in [2.05, 4.69) is 20.7 Å². The lowest BCUT2D eigenvalue weighted by molar-refractivity contribution is -0.141. The number of rotatable bonds is 7. The van der Waals surface area contributed by atoms with Crippen LogP contribution in [0.2, 0.25) is 0 Å². The van der Waals surface area contributed by atoms with E-state index < -0.39 is 21.7 Å². The lowest BCUT2D eigenvalue weighted by Crippen LogP contribution is -2.19. The molecule has 1 atom stereocenters. The van der Waals surface area contributed by atoms with Crippen LogP contribution in [-0.4, -0.2) is 50.6 Å². The highest BCUT2D eigenvalue weighted by molar-refractivity contribution is 7.90. The van der Waals surface area contributed by atoms with Crippen LogP contribution in [0.1, 0.15) is 42.7 Å². The highest BCUT2D eigenvalue weighted by atomic mass is 32.2. The van der Waals surface area contributed by atoms with Gasteiger partial charge in [0, 0.05) is 37.2 Å². The summed E-state index contributed by atoms with van der Waals surface area (Å²) in [7, 11) is -1.92. The van der Waals surface area contributed by atoms with Gasteiger partial charge < -0.3 is 15.4 Å². The second-order valence-electron chi connectivity index (χ2n) is 11.0. The largest absolute Gasteiger partial charge is 0.433 e. The summed E-state index contributed by atoms with van der Waals surface area (Å²) in [6.07, 6.45) is 0.454. The number of hydrogen-bond donors (Lipinski definition) is 2. The van der Waals surface area contributed by atoms with Crippen molar-refractivity contribution in [3.63, 3.8) is 0 Å². The first kappa shape index (κ1) is 30.5. The molecule has 1 aliphatic heterocycles. The molecule has 1 fully saturated rings. The SMILES string of the molecule is Cc1c(-c2ccc(Nc3cc(Nc4cccc(C(F)(F)F)n4)nc4c3nc(C)n4C3CCCCO3)c(S(C)(=O)=O)c2)cnn1C. The normalized spacial score (nSPS) is 15.8. The van der Waals surface area contributed by atoms with Crippen LogP contribution in [0.4, 0.5) is 36.2 Å². The van der Waals surface area contributed by atoms with Crippen LogP contribution in [-0.2, 0) is 27.8 Å². The minimum atomic E-state index is -4.63. The van der Waals surface area contributed by atoms with Crippen molar-refractivity contribution in [2.45, 2.75) is 50.4 Å². The number of nitrogens with zero attached hydrogens (tertiary/aromatic N) is 6. The van der Waals surface area contributed by atoms with Gasteiger partial charge in [-0.3, -0.25) is 9.25 Å². The number of anilines is 4. The Morgan fingerprint density at radius 3 is 2.44 bits per heavy atom. The van der Waals surface area contributed by atoms with Gasteiger partial charge in [0.05, 0.1) is 22.5 Å². The van der Waals surface area contributed by atoms with E-state index in [0.717, 1.165) is 42.8 Å². The second kappa shape index (κ2) is 11.5. The minimum Gasteiger partial charge on any atom is -0.358 e. The molecule has 236 valence electrons. The van der Waals surface area contributed by atoms with Gasteiger partial charge in [0.1, 0.15) is 34.9 Å². The molecule has 0 aliphatic carbocycles. The van der Waals surface area contributed by atoms with Crippen LogP contribution < -0.4 is 10.6 Å². The zero-order valence-corrected chi connectivity index (χ0v) is 25.8. The van der Waals surface area contributed by atoms with E-state index in [1.165, 1.54) is 12.1 Å². The quantitative estimate of drug-likeness (QED) is 0.206. The summed E-state index contributed by atoms with van der Waals surface area (Å²) in [6, 6.07) is 10.2. The van der Waals surface area contributed by atoms with E-state index in [1.54, 1.807) is 42.2 Å². The molecule has 1 aromatic carbocycles. The van der Waals surface area contributed by atoms with E-state index in [1.807, 2.05) is 18.4 Å². The monoisotopic (exact) mass is 640 g/mol. The summed E-state index contributed by atoms with van der Waals surface area (Å²) in [6.45, 7) is 4.28. The first-order valence-corrected chi connectivity index (χ1v) is 16.1. The summed E-state index contributed by atoms with van der Waals surface area (Å²) in [5.74, 6) is 0.733. The zero-order valence-electron chi connectivity index (χ0n) is 25.0. The minimum absolute atomic E-state index is 0.0500. The van der Waals surface area contributed by atoms with Crippen LogP contribution in [0, 0.1) is 13.8 Å². The summed E-state index contributed by atoms with van der Waals surface area (Å²) >= 11 is 0. The molecule has 0 spiro atoms. The highest BCUT2D eigenvalue weighted by Crippen LogP contribution is 2.37. The van der Waals surface area contributed by atoms with Gasteiger partial charge in [0.25, 0.3) is 0 Å². The van der Waals surface area contributed by atoms with E-state index in [9.17, 15) is 21.6 Å². The topological polar surface area (TPSA) is 129 Å². The first-order chi connectivity index (χ1) is 21.3. The number of imidazole rings is 1. The summed E-state index contributed by atoms with van der Waals surface area (Å²) in [4.78, 5) is 13.2. The van der Waals surface area contributed by atoms with E-state index >= 15 is 0 Å². The highest BCUT2D eigenvalue weighted by Gasteiger charge is 2.32. The molecule has 0 radical (unpaired) electrons. The molecule has 6 rings (SSSR count). The third-order valence-corrected chi connectivity index (χ3v) is 8.90. The Hall–Kier alpha value is -4.50. The van der Waals surface area contributed by atoms with E-state index in [0.29, 0.717) is 40.5 Å². The van der Waals surface area contributed by atoms with Gasteiger partial charge in [0.2, 0.25) is 0 Å². The molecule has 0 bridgehead atoms. The number of nitrogens with one attached hydrogen (secondary N) is 2. The second-order valence-corrected chi connectivity index (χ2v) is 13.0. The van der Waals surface area contributed by atoms with Gasteiger partial charge in [-0.2, -0.15) is 18.3 Å². The predicted molar refractivity (Wildman–Crippen MR) is 163 cm³/mol. The first-order valence-electron chi connectivity index (χ1n) is 14.2. The molecule has 1 unspecified atom stereocenters. The van der Waals surface area contributed by atoms with Crippen molar-refractivity contribution >= 4 is 44.0 Å². The maximum absolute atomic E-state index is 13.4. The van der Waals surface area contributed by atoms with Crippen LogP contribution >= 0.6 is 0 Å². The third kappa shape index (κ3) is 6.09. The Balaban J connectivity index is 1.48. The smallest absolute Gasteiger partial charge is 0.358 e. The van der Waals surface area contributed by atoms with Crippen LogP contribution in [0.5, 0.6) is 0 Å². The Labute approximate surface area is 257 Å². The number of pyridine rings is 2. The summed E-state index contributed by atoms with van der Waals surface area (Å²) in [5.41, 5.74) is 2.84. The molecule has 0 amide bonds. The number of fused-ring (bicyclic) bond motifs is 1. The van der Waals surface area contributed by atoms with Crippen molar-refractivity contribution < 1.29 is 26.3 Å². The zero-order chi connectivity index (χ0) is 32.1. The predicted octanol–water partition coefficient (Wildman–Crippen LogP) is 6.45. The number of hydrogen-bond acceptors (Lipinski definition) is 9. The maximum Gasteiger partial charge on any atom is 0.433 e. The Bertz CT molecular complexity index is 2010. The van der Waals surface area contributed by atoms with Gasteiger partial charge in [-0.15, -0.1) is 0 Å². The molecule has 4 aromatic heterocycles. The Kier molecular flexibility index (Phi) is 7.77. The van der Waals surface area contributed by atoms with Crippen LogP contribution in [0.15, 0.2) is 53.6 Å². The molecular weight excluding hydrogens is 609 g/mol. The van der Waals surface area contributed by atoms with Crippen LogP contribution in [0.3, 0.4) is 0 Å². The fraction of sp³-hybridized carbons (Fsp3) is 0.333. The Morgan fingerprint density at radius 2 is 1.78 bits per heavy atom. The number of halogens is 3. The lowest BCUT2D eigenvalue weighted by Gasteiger charge is -2.25. The van der Waals surface area contributed by atoms with Crippen LogP contribution in [0.25, 0.3) is 22.3 Å². The number of alkyl halides is 3. The standard InChI is InChI=1S/C30H31F3N8O3S/c1-17-20(16-34-40(17)3)19-11-12-21(23(14-19)45(4,42)43)36-22-15-26(38-25-9-7-8-24(37-25)30(31,32)33)39-29-28(22)35-18(2)41(29)27-10-5-6-13-44-27/h7-9,11-12,14-16,27H,5-6,10,13H2,1-4H3,(H2,36,37,38,39). The average molecular weight is 641 g/mol. The van der Waals surface area contributed by atoms with Gasteiger partial charge in [-0.1, -0.05) is 12.1 Å². The van der Waals surface area contributed by atoms with Crippen molar-refractivity contribution in [1.29, 1.82) is 0 Å². The molecule has 2 N–H and O–H groups in total. The Morgan fingerprint density at radius 1 is 0.978 bits per heavy atom. The number of aryl methyl sites for hydroxylation is 2. The summed E-state index contributed by atoms with van der Waals surface area (Å²) < 4.78 is 75.8. The van der Waals surface area contributed by atoms with E-state index in [4.69, 9.17) is 14.7 Å². The molecule has 11 nitrogen and oxygen atoms in total.